The van der Waals surface area contributed by atoms with E-state index in [-0.39, 0.29) is 5.75 Å². The van der Waals surface area contributed by atoms with E-state index >= 15 is 0 Å². The van der Waals surface area contributed by atoms with Crippen LogP contribution in [0.15, 0.2) is 53.7 Å². The van der Waals surface area contributed by atoms with Gasteiger partial charge in [0.05, 0.1) is 12.5 Å². The molecule has 7 heteroatoms. The minimum absolute atomic E-state index is 0.171. The van der Waals surface area contributed by atoms with Crippen LogP contribution in [0, 0.1) is 13.8 Å². The van der Waals surface area contributed by atoms with E-state index in [4.69, 9.17) is 0 Å². The highest BCUT2D eigenvalue weighted by Gasteiger charge is 2.14. The number of benzene rings is 2. The zero-order chi connectivity index (χ0) is 18.5. The first-order valence-corrected chi connectivity index (χ1v) is 9.16. The van der Waals surface area contributed by atoms with Gasteiger partial charge in [-0.2, -0.15) is 0 Å². The normalized spacial score (nSPS) is 10.7. The first-order chi connectivity index (χ1) is 12.5. The molecule has 0 saturated heterocycles. The van der Waals surface area contributed by atoms with Gasteiger partial charge in [-0.1, -0.05) is 47.2 Å². The van der Waals surface area contributed by atoms with Crippen LogP contribution in [-0.4, -0.2) is 26.5 Å². The van der Waals surface area contributed by atoms with Crippen LogP contribution in [0.5, 0.6) is 0 Å². The van der Waals surface area contributed by atoms with Crippen molar-refractivity contribution in [3.8, 4) is 5.69 Å². The first-order valence-electron chi connectivity index (χ1n) is 8.17. The van der Waals surface area contributed by atoms with Gasteiger partial charge in [-0.25, -0.2) is 0 Å². The highest BCUT2D eigenvalue weighted by Crippen LogP contribution is 2.23. The number of nitrogens with zero attached hydrogens (tertiary/aromatic N) is 3. The van der Waals surface area contributed by atoms with E-state index in [0.717, 1.165) is 28.7 Å². The number of aryl methyl sites for hydroxylation is 2. The molecule has 3 rings (SSSR count). The maximum absolute atomic E-state index is 10.8. The summed E-state index contributed by atoms with van der Waals surface area (Å²) in [6.07, 6.45) is 0. The van der Waals surface area contributed by atoms with Crippen molar-refractivity contribution in [1.82, 2.24) is 14.8 Å². The van der Waals surface area contributed by atoms with Crippen LogP contribution in [0.2, 0.25) is 0 Å². The summed E-state index contributed by atoms with van der Waals surface area (Å²) in [7, 11) is 0. The molecule has 134 valence electrons. The molecule has 1 heterocycles. The predicted molar refractivity (Wildman–Crippen MR) is 100 cm³/mol. The molecule has 0 atom stereocenters. The van der Waals surface area contributed by atoms with Gasteiger partial charge in [-0.05, 0) is 38.1 Å². The van der Waals surface area contributed by atoms with E-state index in [1.165, 1.54) is 5.56 Å². The van der Waals surface area contributed by atoms with Crippen molar-refractivity contribution in [3.63, 3.8) is 0 Å². The molecule has 0 bridgehead atoms. The monoisotopic (exact) mass is 367 g/mol. The molecular weight excluding hydrogens is 348 g/mol. The average molecular weight is 367 g/mol. The van der Waals surface area contributed by atoms with E-state index in [9.17, 15) is 9.90 Å². The minimum Gasteiger partial charge on any atom is -0.549 e. The Labute approximate surface area is 156 Å². The van der Waals surface area contributed by atoms with Crippen LogP contribution in [-0.2, 0) is 11.3 Å². The molecule has 0 radical (unpaired) electrons. The van der Waals surface area contributed by atoms with Gasteiger partial charge in [0, 0.05) is 17.1 Å². The Balaban J connectivity index is 1.87. The zero-order valence-corrected chi connectivity index (χ0v) is 15.4. The standard InChI is InChI=1S/C19H20N4O2S/c1-13-3-7-15(8-4-13)20-11-17-21-22-19(26-12-18(24)25)23(17)16-9-5-14(2)6-10-16/h3-10,20H,11-12H2,1-2H3,(H,24,25)/p-1. The Bertz CT molecular complexity index is 889. The number of carboxylic acid groups (broad SMARTS) is 1. The summed E-state index contributed by atoms with van der Waals surface area (Å²) in [5, 5.41) is 23.1. The van der Waals surface area contributed by atoms with Crippen molar-refractivity contribution in [2.24, 2.45) is 0 Å². The third kappa shape index (κ3) is 4.43. The number of thioether (sulfide) groups is 1. The van der Waals surface area contributed by atoms with Gasteiger partial charge in [0.1, 0.15) is 0 Å². The highest BCUT2D eigenvalue weighted by molar-refractivity contribution is 7.99. The van der Waals surface area contributed by atoms with Gasteiger partial charge < -0.3 is 15.2 Å². The number of hydrogen-bond acceptors (Lipinski definition) is 6. The third-order valence-electron chi connectivity index (χ3n) is 3.81. The third-order valence-corrected chi connectivity index (χ3v) is 4.72. The molecule has 0 amide bonds. The van der Waals surface area contributed by atoms with Crippen molar-refractivity contribution < 1.29 is 9.90 Å². The SMILES string of the molecule is Cc1ccc(NCc2nnc(SCC(=O)[O-])n2-c2ccc(C)cc2)cc1. The van der Waals surface area contributed by atoms with Crippen LogP contribution >= 0.6 is 11.8 Å². The lowest BCUT2D eigenvalue weighted by atomic mass is 10.2. The second kappa shape index (κ2) is 8.05. The fourth-order valence-electron chi connectivity index (χ4n) is 2.44. The average Bonchev–Trinajstić information content (AvgIpc) is 3.03. The lowest BCUT2D eigenvalue weighted by Gasteiger charge is -2.12. The molecule has 0 unspecified atom stereocenters. The second-order valence-electron chi connectivity index (χ2n) is 5.95. The minimum atomic E-state index is -1.13. The number of carboxylic acids is 1. The lowest BCUT2D eigenvalue weighted by molar-refractivity contribution is -0.301. The molecule has 0 aliphatic rings. The van der Waals surface area contributed by atoms with E-state index in [1.54, 1.807) is 0 Å². The second-order valence-corrected chi connectivity index (χ2v) is 6.89. The van der Waals surface area contributed by atoms with Crippen molar-refractivity contribution in [2.45, 2.75) is 25.5 Å². The van der Waals surface area contributed by atoms with Gasteiger partial charge in [-0.3, -0.25) is 4.57 Å². The van der Waals surface area contributed by atoms with Gasteiger partial charge in [0.15, 0.2) is 11.0 Å². The van der Waals surface area contributed by atoms with E-state index in [2.05, 4.69) is 15.5 Å². The molecule has 2 aromatic carbocycles. The maximum Gasteiger partial charge on any atom is 0.196 e. The molecule has 26 heavy (non-hydrogen) atoms. The van der Waals surface area contributed by atoms with Crippen LogP contribution in [0.1, 0.15) is 17.0 Å². The molecule has 0 aliphatic carbocycles. The number of rotatable bonds is 7. The molecule has 0 fully saturated rings. The summed E-state index contributed by atoms with van der Waals surface area (Å²) in [4.78, 5) is 10.8. The predicted octanol–water partition coefficient (Wildman–Crippen LogP) is 2.34. The summed E-state index contributed by atoms with van der Waals surface area (Å²) in [6.45, 7) is 4.52. The molecule has 6 nitrogen and oxygen atoms in total. The van der Waals surface area contributed by atoms with Crippen molar-refractivity contribution in [3.05, 3.63) is 65.5 Å². The van der Waals surface area contributed by atoms with Crippen LogP contribution in [0.4, 0.5) is 5.69 Å². The number of carbonyl (C=O) groups excluding carboxylic acids is 1. The number of nitrogens with one attached hydrogen (secondary N) is 1. The summed E-state index contributed by atoms with van der Waals surface area (Å²) in [5.74, 6) is -0.599. The van der Waals surface area contributed by atoms with Crippen molar-refractivity contribution in [2.75, 3.05) is 11.1 Å². The van der Waals surface area contributed by atoms with E-state index in [1.807, 2.05) is 66.9 Å². The Hall–Kier alpha value is -2.80. The largest absolute Gasteiger partial charge is 0.549 e. The smallest absolute Gasteiger partial charge is 0.196 e. The summed E-state index contributed by atoms with van der Waals surface area (Å²) in [6, 6.07) is 16.0. The Morgan fingerprint density at radius 3 is 2.27 bits per heavy atom. The number of aromatic nitrogens is 3. The zero-order valence-electron chi connectivity index (χ0n) is 14.6. The number of anilines is 1. The van der Waals surface area contributed by atoms with Gasteiger partial charge in [0.25, 0.3) is 0 Å². The number of aliphatic carboxylic acids is 1. The molecule has 0 saturated carbocycles. The van der Waals surface area contributed by atoms with Crippen LogP contribution < -0.4 is 10.4 Å². The molecular formula is C19H19N4O2S-. The molecule has 0 spiro atoms. The maximum atomic E-state index is 10.8. The summed E-state index contributed by atoms with van der Waals surface area (Å²) >= 11 is 1.10. The van der Waals surface area contributed by atoms with Crippen LogP contribution in [0.3, 0.4) is 0 Å². The van der Waals surface area contributed by atoms with Crippen molar-refractivity contribution in [1.29, 1.82) is 0 Å². The van der Waals surface area contributed by atoms with Gasteiger partial charge in [0.2, 0.25) is 0 Å². The fourth-order valence-corrected chi connectivity index (χ4v) is 3.12. The lowest BCUT2D eigenvalue weighted by Crippen LogP contribution is -2.24. The van der Waals surface area contributed by atoms with Gasteiger partial charge in [-0.15, -0.1) is 10.2 Å². The van der Waals surface area contributed by atoms with Gasteiger partial charge >= 0.3 is 0 Å². The number of carbonyl (C=O) groups is 1. The quantitative estimate of drug-likeness (QED) is 0.646. The molecule has 1 N–H and O–H groups in total. The fraction of sp³-hybridized carbons (Fsp3) is 0.211. The highest BCUT2D eigenvalue weighted by atomic mass is 32.2. The van der Waals surface area contributed by atoms with Crippen LogP contribution in [0.25, 0.3) is 5.69 Å². The first kappa shape index (κ1) is 18.0. The molecule has 3 aromatic rings. The molecule has 1 aromatic heterocycles. The number of hydrogen-bond donors (Lipinski definition) is 1. The Kier molecular flexibility index (Phi) is 5.58. The van der Waals surface area contributed by atoms with E-state index in [0.29, 0.717) is 17.5 Å². The summed E-state index contributed by atoms with van der Waals surface area (Å²) < 4.78 is 1.87. The topological polar surface area (TPSA) is 82.9 Å². The Morgan fingerprint density at radius 2 is 1.65 bits per heavy atom. The Morgan fingerprint density at radius 1 is 1.04 bits per heavy atom. The summed E-state index contributed by atoms with van der Waals surface area (Å²) in [5.41, 5.74) is 4.21. The van der Waals surface area contributed by atoms with Crippen molar-refractivity contribution >= 4 is 23.4 Å². The molecule has 0 aliphatic heterocycles. The van der Waals surface area contributed by atoms with E-state index < -0.39 is 5.97 Å².